The molecule has 0 radical (unpaired) electrons. The maximum absolute atomic E-state index is 10.1. The number of hydrogen-bond acceptors (Lipinski definition) is 3. The highest BCUT2D eigenvalue weighted by atomic mass is 16.3. The summed E-state index contributed by atoms with van der Waals surface area (Å²) in [5, 5.41) is 11.3. The van der Waals surface area contributed by atoms with E-state index in [4.69, 9.17) is 4.98 Å². The minimum absolute atomic E-state index is 0.305. The summed E-state index contributed by atoms with van der Waals surface area (Å²) in [6.07, 6.45) is 2.53. The Morgan fingerprint density at radius 1 is 1.00 bits per heavy atom. The Morgan fingerprint density at radius 2 is 1.78 bits per heavy atom. The van der Waals surface area contributed by atoms with Gasteiger partial charge in [-0.1, -0.05) is 30.3 Å². The normalized spacial score (nSPS) is 14.6. The number of benzene rings is 2. The van der Waals surface area contributed by atoms with Gasteiger partial charge in [-0.05, 0) is 43.5 Å². The second-order valence-corrected chi connectivity index (χ2v) is 6.23. The van der Waals surface area contributed by atoms with Gasteiger partial charge in [-0.25, -0.2) is 0 Å². The fourth-order valence-electron chi connectivity index (χ4n) is 3.44. The highest BCUT2D eigenvalue weighted by Gasteiger charge is 2.16. The topological polar surface area (TPSA) is 36.4 Å². The van der Waals surface area contributed by atoms with Crippen LogP contribution in [-0.4, -0.2) is 23.2 Å². The van der Waals surface area contributed by atoms with Gasteiger partial charge in [0.15, 0.2) is 0 Å². The second-order valence-electron chi connectivity index (χ2n) is 6.23. The zero-order valence-corrected chi connectivity index (χ0v) is 13.3. The standard InChI is InChI=1S/C20H20N2O/c1-14-12-19(22-10-4-5-11-22)17-9-8-15(13-18(17)21-14)16-6-2-3-7-20(16)23/h2-3,6-9,12-13,23H,4-5,10-11H2,1H3. The average molecular weight is 304 g/mol. The summed E-state index contributed by atoms with van der Waals surface area (Å²) in [7, 11) is 0. The molecule has 116 valence electrons. The third kappa shape index (κ3) is 2.52. The van der Waals surface area contributed by atoms with Crippen molar-refractivity contribution in [2.75, 3.05) is 18.0 Å². The van der Waals surface area contributed by atoms with E-state index in [2.05, 4.69) is 29.2 Å². The maximum Gasteiger partial charge on any atom is 0.123 e. The van der Waals surface area contributed by atoms with Crippen molar-refractivity contribution in [2.45, 2.75) is 19.8 Å². The first-order chi connectivity index (χ1) is 11.2. The Bertz CT molecular complexity index is 867. The molecule has 0 aliphatic carbocycles. The predicted molar refractivity (Wildman–Crippen MR) is 95.0 cm³/mol. The Balaban J connectivity index is 1.88. The highest BCUT2D eigenvalue weighted by molar-refractivity contribution is 5.95. The van der Waals surface area contributed by atoms with Crippen molar-refractivity contribution in [2.24, 2.45) is 0 Å². The molecular formula is C20H20N2O. The van der Waals surface area contributed by atoms with Crippen molar-refractivity contribution in [1.29, 1.82) is 0 Å². The van der Waals surface area contributed by atoms with Gasteiger partial charge in [0.2, 0.25) is 0 Å². The van der Waals surface area contributed by atoms with E-state index in [1.54, 1.807) is 6.07 Å². The van der Waals surface area contributed by atoms with E-state index in [-0.39, 0.29) is 0 Å². The average Bonchev–Trinajstić information content (AvgIpc) is 3.08. The van der Waals surface area contributed by atoms with Gasteiger partial charge in [0.05, 0.1) is 5.52 Å². The van der Waals surface area contributed by atoms with E-state index >= 15 is 0 Å². The number of nitrogens with zero attached hydrogens (tertiary/aromatic N) is 2. The molecule has 2 aromatic carbocycles. The fraction of sp³-hybridized carbons (Fsp3) is 0.250. The van der Waals surface area contributed by atoms with E-state index in [0.29, 0.717) is 5.75 Å². The first kappa shape index (κ1) is 14.1. The van der Waals surface area contributed by atoms with Gasteiger partial charge >= 0.3 is 0 Å². The van der Waals surface area contributed by atoms with Crippen LogP contribution in [0, 0.1) is 6.92 Å². The molecule has 0 atom stereocenters. The number of hydrogen-bond donors (Lipinski definition) is 1. The smallest absolute Gasteiger partial charge is 0.123 e. The molecule has 3 nitrogen and oxygen atoms in total. The molecular weight excluding hydrogens is 284 g/mol. The first-order valence-electron chi connectivity index (χ1n) is 8.17. The summed E-state index contributed by atoms with van der Waals surface area (Å²) in [5.41, 5.74) is 5.16. The van der Waals surface area contributed by atoms with E-state index < -0.39 is 0 Å². The Labute approximate surface area is 136 Å². The van der Waals surface area contributed by atoms with Crippen molar-refractivity contribution in [3.05, 3.63) is 54.2 Å². The number of fused-ring (bicyclic) bond motifs is 1. The number of pyridine rings is 1. The Morgan fingerprint density at radius 3 is 2.57 bits per heavy atom. The largest absolute Gasteiger partial charge is 0.507 e. The van der Waals surface area contributed by atoms with Crippen molar-refractivity contribution in [3.63, 3.8) is 0 Å². The van der Waals surface area contributed by atoms with Crippen LogP contribution >= 0.6 is 0 Å². The lowest BCUT2D eigenvalue weighted by molar-refractivity contribution is 0.477. The number of aromatic nitrogens is 1. The second kappa shape index (κ2) is 5.58. The van der Waals surface area contributed by atoms with E-state index in [1.165, 1.54) is 23.9 Å². The number of rotatable bonds is 2. The van der Waals surface area contributed by atoms with Gasteiger partial charge in [-0.3, -0.25) is 4.98 Å². The Kier molecular flexibility index (Phi) is 3.41. The third-order valence-corrected chi connectivity index (χ3v) is 4.58. The summed E-state index contributed by atoms with van der Waals surface area (Å²) in [6, 6.07) is 15.9. The number of para-hydroxylation sites is 1. The quantitative estimate of drug-likeness (QED) is 0.756. The molecule has 0 unspecified atom stereocenters. The predicted octanol–water partition coefficient (Wildman–Crippen LogP) is 4.52. The van der Waals surface area contributed by atoms with Gasteiger partial charge in [0.1, 0.15) is 5.75 Å². The molecule has 1 N–H and O–H groups in total. The summed E-state index contributed by atoms with van der Waals surface area (Å²) < 4.78 is 0. The van der Waals surface area contributed by atoms with Crippen LogP contribution in [0.1, 0.15) is 18.5 Å². The van der Waals surface area contributed by atoms with Gasteiger partial charge in [-0.2, -0.15) is 0 Å². The van der Waals surface area contributed by atoms with Crippen LogP contribution in [0.5, 0.6) is 5.75 Å². The van der Waals surface area contributed by atoms with E-state index in [9.17, 15) is 5.11 Å². The van der Waals surface area contributed by atoms with Crippen LogP contribution in [0.15, 0.2) is 48.5 Å². The van der Waals surface area contributed by atoms with Crippen LogP contribution < -0.4 is 4.90 Å². The summed E-state index contributed by atoms with van der Waals surface area (Å²) in [6.45, 7) is 4.30. The van der Waals surface area contributed by atoms with Crippen LogP contribution in [0.3, 0.4) is 0 Å². The van der Waals surface area contributed by atoms with E-state index in [1.807, 2.05) is 25.1 Å². The molecule has 0 saturated carbocycles. The SMILES string of the molecule is Cc1cc(N2CCCC2)c2ccc(-c3ccccc3O)cc2n1. The van der Waals surface area contributed by atoms with Crippen molar-refractivity contribution in [1.82, 2.24) is 4.98 Å². The van der Waals surface area contributed by atoms with Gasteiger partial charge in [0, 0.05) is 35.4 Å². The van der Waals surface area contributed by atoms with Crippen molar-refractivity contribution in [3.8, 4) is 16.9 Å². The molecule has 2 heterocycles. The Hall–Kier alpha value is -2.55. The fourth-order valence-corrected chi connectivity index (χ4v) is 3.44. The summed E-state index contributed by atoms with van der Waals surface area (Å²) in [5.74, 6) is 0.305. The number of phenolic OH excluding ortho intramolecular Hbond substituents is 1. The molecule has 3 aromatic rings. The molecule has 0 bridgehead atoms. The molecule has 1 aromatic heterocycles. The first-order valence-corrected chi connectivity index (χ1v) is 8.17. The molecule has 0 amide bonds. The van der Waals surface area contributed by atoms with Crippen LogP contribution in [0.2, 0.25) is 0 Å². The molecule has 1 aliphatic heterocycles. The zero-order valence-electron chi connectivity index (χ0n) is 13.3. The molecule has 1 aliphatic rings. The number of anilines is 1. The molecule has 1 saturated heterocycles. The lowest BCUT2D eigenvalue weighted by Crippen LogP contribution is -2.18. The summed E-state index contributed by atoms with van der Waals surface area (Å²) >= 11 is 0. The minimum atomic E-state index is 0.305. The number of phenols is 1. The van der Waals surface area contributed by atoms with Gasteiger partial charge < -0.3 is 10.0 Å². The van der Waals surface area contributed by atoms with E-state index in [0.717, 1.165) is 35.4 Å². The van der Waals surface area contributed by atoms with Crippen molar-refractivity contribution >= 4 is 16.6 Å². The number of aromatic hydroxyl groups is 1. The van der Waals surface area contributed by atoms with Crippen LogP contribution in [0.4, 0.5) is 5.69 Å². The zero-order chi connectivity index (χ0) is 15.8. The van der Waals surface area contributed by atoms with Crippen molar-refractivity contribution < 1.29 is 5.11 Å². The lowest BCUT2D eigenvalue weighted by atomic mass is 10.0. The molecule has 23 heavy (non-hydrogen) atoms. The third-order valence-electron chi connectivity index (χ3n) is 4.58. The monoisotopic (exact) mass is 304 g/mol. The van der Waals surface area contributed by atoms with Gasteiger partial charge in [0.25, 0.3) is 0 Å². The van der Waals surface area contributed by atoms with Crippen LogP contribution in [0.25, 0.3) is 22.0 Å². The van der Waals surface area contributed by atoms with Crippen LogP contribution in [-0.2, 0) is 0 Å². The lowest BCUT2D eigenvalue weighted by Gasteiger charge is -2.20. The highest BCUT2D eigenvalue weighted by Crippen LogP contribution is 2.34. The minimum Gasteiger partial charge on any atom is -0.507 e. The maximum atomic E-state index is 10.1. The molecule has 0 spiro atoms. The molecule has 1 fully saturated rings. The number of aryl methyl sites for hydroxylation is 1. The molecule has 4 rings (SSSR count). The summed E-state index contributed by atoms with van der Waals surface area (Å²) in [4.78, 5) is 7.17. The van der Waals surface area contributed by atoms with Gasteiger partial charge in [-0.15, -0.1) is 0 Å². The molecule has 3 heteroatoms.